The molecule has 0 bridgehead atoms. The van der Waals surface area contributed by atoms with Gasteiger partial charge in [-0.3, -0.25) is 19.2 Å². The van der Waals surface area contributed by atoms with Gasteiger partial charge in [0.15, 0.2) is 18.3 Å². The van der Waals surface area contributed by atoms with E-state index in [1.165, 1.54) is 0 Å². The molecule has 0 saturated carbocycles. The Labute approximate surface area is 288 Å². The van der Waals surface area contributed by atoms with Crippen LogP contribution in [-0.4, -0.2) is 119 Å². The van der Waals surface area contributed by atoms with E-state index in [1.54, 1.807) is 41.5 Å². The number of aliphatic hydroxyl groups is 4. The predicted octanol–water partition coefficient (Wildman–Crippen LogP) is 1.92. The molecule has 0 aromatic rings. The molecule has 4 N–H and O–H groups in total. The average Bonchev–Trinajstić information content (AvgIpc) is 3.32. The molecule has 2 aliphatic heterocycles. The van der Waals surface area contributed by atoms with E-state index >= 15 is 0 Å². The summed E-state index contributed by atoms with van der Waals surface area (Å²) in [5.74, 6) is -7.14. The van der Waals surface area contributed by atoms with Gasteiger partial charge < -0.3 is 53.6 Å². The Hall–Kier alpha value is -2.40. The lowest BCUT2D eigenvalue weighted by atomic mass is 9.97. The molecule has 2 aliphatic rings. The molecule has 284 valence electrons. The zero-order valence-corrected chi connectivity index (χ0v) is 29.9. The fourth-order valence-electron chi connectivity index (χ4n) is 5.29. The molecule has 15 nitrogen and oxygen atoms in total. The van der Waals surface area contributed by atoms with Crippen molar-refractivity contribution in [1.82, 2.24) is 0 Å². The smallest absolute Gasteiger partial charge is 0.308 e. The quantitative estimate of drug-likeness (QED) is 0.0809. The molecule has 2 rings (SSSR count). The summed E-state index contributed by atoms with van der Waals surface area (Å²) in [5.41, 5.74) is 0. The molecule has 9 atom stereocenters. The first-order chi connectivity index (χ1) is 23.1. The van der Waals surface area contributed by atoms with Crippen molar-refractivity contribution in [2.75, 3.05) is 19.8 Å². The average molecular weight is 707 g/mol. The van der Waals surface area contributed by atoms with E-state index in [1.807, 2.05) is 0 Å². The highest BCUT2D eigenvalue weighted by molar-refractivity contribution is 5.73. The topological polar surface area (TPSA) is 214 Å². The second kappa shape index (κ2) is 20.4. The first-order valence-corrected chi connectivity index (χ1v) is 17.5. The molecule has 0 amide bonds. The summed E-state index contributed by atoms with van der Waals surface area (Å²) in [6, 6.07) is 0. The molecule has 0 unspecified atom stereocenters. The highest BCUT2D eigenvalue weighted by Crippen LogP contribution is 2.39. The van der Waals surface area contributed by atoms with Crippen LogP contribution in [0, 0.1) is 17.8 Å². The van der Waals surface area contributed by atoms with Crippen LogP contribution in [0.15, 0.2) is 0 Å². The van der Waals surface area contributed by atoms with Crippen LogP contribution in [0.5, 0.6) is 0 Å². The molecule has 0 aliphatic carbocycles. The van der Waals surface area contributed by atoms with Gasteiger partial charge in [0, 0.05) is 6.42 Å². The minimum atomic E-state index is -2.39. The van der Waals surface area contributed by atoms with Gasteiger partial charge in [0.25, 0.3) is 0 Å². The Morgan fingerprint density at radius 3 is 1.84 bits per heavy atom. The fraction of sp³-hybridized carbons (Fsp3) is 0.882. The Bertz CT molecular complexity index is 1050. The molecule has 49 heavy (non-hydrogen) atoms. The zero-order valence-electron chi connectivity index (χ0n) is 29.9. The zero-order chi connectivity index (χ0) is 36.9. The fourth-order valence-corrected chi connectivity index (χ4v) is 5.29. The lowest BCUT2D eigenvalue weighted by molar-refractivity contribution is -0.384. The number of esters is 4. The molecular formula is C34H58O15. The van der Waals surface area contributed by atoms with E-state index in [4.69, 9.17) is 33.2 Å². The van der Waals surface area contributed by atoms with Gasteiger partial charge in [-0.05, 0) is 6.42 Å². The number of ether oxygens (including phenoxy) is 7. The predicted molar refractivity (Wildman–Crippen MR) is 171 cm³/mol. The van der Waals surface area contributed by atoms with Crippen molar-refractivity contribution >= 4 is 23.9 Å². The maximum Gasteiger partial charge on any atom is 0.308 e. The molecule has 0 aromatic carbocycles. The summed E-state index contributed by atoms with van der Waals surface area (Å²) in [7, 11) is 0. The molecule has 0 aromatic heterocycles. The number of carbonyl (C=O) groups excluding carboxylic acids is 4. The summed E-state index contributed by atoms with van der Waals surface area (Å²) < 4.78 is 40.1. The van der Waals surface area contributed by atoms with E-state index in [-0.39, 0.29) is 6.42 Å². The van der Waals surface area contributed by atoms with Crippen molar-refractivity contribution in [3.63, 3.8) is 0 Å². The maximum atomic E-state index is 13.2. The number of hydrogen-bond acceptors (Lipinski definition) is 15. The largest absolute Gasteiger partial charge is 0.463 e. The number of unbranched alkanes of at least 4 members (excludes halogenated alkanes) is 6. The molecule has 0 radical (unpaired) electrons. The van der Waals surface area contributed by atoms with Gasteiger partial charge in [0.2, 0.25) is 12.1 Å². The van der Waals surface area contributed by atoms with Gasteiger partial charge >= 0.3 is 23.9 Å². The van der Waals surface area contributed by atoms with Crippen molar-refractivity contribution < 1.29 is 72.8 Å². The second-order valence-corrected chi connectivity index (χ2v) is 13.6. The summed E-state index contributed by atoms with van der Waals surface area (Å²) in [6.45, 7) is 9.18. The van der Waals surface area contributed by atoms with Crippen LogP contribution < -0.4 is 0 Å². The molecular weight excluding hydrogens is 648 g/mol. The van der Waals surface area contributed by atoms with Gasteiger partial charge in [-0.15, -0.1) is 0 Å². The first kappa shape index (κ1) is 42.8. The van der Waals surface area contributed by atoms with Gasteiger partial charge in [-0.25, -0.2) is 0 Å². The monoisotopic (exact) mass is 706 g/mol. The van der Waals surface area contributed by atoms with Crippen LogP contribution in [0.25, 0.3) is 0 Å². The third kappa shape index (κ3) is 12.1. The van der Waals surface area contributed by atoms with Crippen LogP contribution in [0.3, 0.4) is 0 Å². The standard InChI is InChI=1S/C34H58O15/c1-8-9-10-11-12-13-14-15-24(37)45-28-27(46-31(41)20(4)5)25(38)23(17-43-30(40)19(2)3)44-33(28)49-34(18-36)29(47-32(42)21(6)7)26(39)22(16-35)48-34/h19-23,25-29,33,35-36,38-39H,8-18H2,1-7H3/t22-,23+,25+,26+,27-,28+,29+,33-,34+/m1/s1. The summed E-state index contributed by atoms with van der Waals surface area (Å²) in [4.78, 5) is 51.1. The molecule has 2 heterocycles. The second-order valence-electron chi connectivity index (χ2n) is 13.6. The van der Waals surface area contributed by atoms with Crippen molar-refractivity contribution in [3.8, 4) is 0 Å². The molecule has 2 fully saturated rings. The van der Waals surface area contributed by atoms with E-state index in [2.05, 4.69) is 6.92 Å². The third-order valence-electron chi connectivity index (χ3n) is 8.36. The Morgan fingerprint density at radius 2 is 1.29 bits per heavy atom. The van der Waals surface area contributed by atoms with Crippen LogP contribution in [0.2, 0.25) is 0 Å². The maximum absolute atomic E-state index is 13.2. The minimum absolute atomic E-state index is 0.0189. The summed E-state index contributed by atoms with van der Waals surface area (Å²) in [6.07, 6.45) is -6.45. The number of aliphatic hydroxyl groups excluding tert-OH is 4. The van der Waals surface area contributed by atoms with Crippen molar-refractivity contribution in [2.45, 2.75) is 155 Å². The summed E-state index contributed by atoms with van der Waals surface area (Å²) >= 11 is 0. The molecule has 15 heteroatoms. The minimum Gasteiger partial charge on any atom is -0.463 e. The van der Waals surface area contributed by atoms with Gasteiger partial charge in [0.1, 0.15) is 37.6 Å². The lowest BCUT2D eigenvalue weighted by Gasteiger charge is -2.46. The van der Waals surface area contributed by atoms with Crippen LogP contribution in [0.1, 0.15) is 99.8 Å². The Morgan fingerprint density at radius 1 is 0.714 bits per heavy atom. The summed E-state index contributed by atoms with van der Waals surface area (Å²) in [5, 5.41) is 42.9. The van der Waals surface area contributed by atoms with E-state index in [9.17, 15) is 39.6 Å². The molecule has 2 saturated heterocycles. The Balaban J connectivity index is 2.49. The highest BCUT2D eigenvalue weighted by atomic mass is 16.8. The SMILES string of the molecule is CCCCCCCCCC(=O)O[C@@H]1[C@@H](O[C@]2(CO)O[C@H](CO)[C@H](O)[C@@H]2OC(=O)C(C)C)O[C@@H](COC(=O)C(C)C)[C@H](O)[C@H]1OC(=O)C(C)C. The third-order valence-corrected chi connectivity index (χ3v) is 8.36. The number of hydrogen-bond donors (Lipinski definition) is 4. The number of carbonyl (C=O) groups is 4. The van der Waals surface area contributed by atoms with E-state index in [0.717, 1.165) is 38.5 Å². The van der Waals surface area contributed by atoms with Crippen molar-refractivity contribution in [3.05, 3.63) is 0 Å². The van der Waals surface area contributed by atoms with Crippen LogP contribution in [0.4, 0.5) is 0 Å². The van der Waals surface area contributed by atoms with Crippen molar-refractivity contribution in [2.24, 2.45) is 17.8 Å². The normalized spacial score (nSPS) is 30.1. The lowest BCUT2D eigenvalue weighted by Crippen LogP contribution is -2.65. The Kier molecular flexibility index (Phi) is 17.8. The van der Waals surface area contributed by atoms with Gasteiger partial charge in [-0.1, -0.05) is 87.0 Å². The van der Waals surface area contributed by atoms with E-state index < -0.39 is 116 Å². The van der Waals surface area contributed by atoms with E-state index in [0.29, 0.717) is 6.42 Å². The highest BCUT2D eigenvalue weighted by Gasteiger charge is 2.62. The van der Waals surface area contributed by atoms with Gasteiger partial charge in [0.05, 0.1) is 24.4 Å². The number of rotatable bonds is 20. The van der Waals surface area contributed by atoms with Crippen LogP contribution in [-0.2, 0) is 52.3 Å². The molecule has 0 spiro atoms. The van der Waals surface area contributed by atoms with Crippen molar-refractivity contribution in [1.29, 1.82) is 0 Å². The van der Waals surface area contributed by atoms with Crippen LogP contribution >= 0.6 is 0 Å². The first-order valence-electron chi connectivity index (χ1n) is 17.5. The van der Waals surface area contributed by atoms with Gasteiger partial charge in [-0.2, -0.15) is 0 Å².